The van der Waals surface area contributed by atoms with E-state index in [2.05, 4.69) is 22.4 Å². The molecule has 33 heavy (non-hydrogen) atoms. The van der Waals surface area contributed by atoms with Gasteiger partial charge in [0.2, 0.25) is 11.7 Å². The highest BCUT2D eigenvalue weighted by Crippen LogP contribution is 2.32. The molecule has 3 amide bonds. The predicted molar refractivity (Wildman–Crippen MR) is 112 cm³/mol. The van der Waals surface area contributed by atoms with E-state index in [1.165, 1.54) is 12.1 Å². The molecule has 1 atom stereocenters. The second-order valence-corrected chi connectivity index (χ2v) is 7.98. The van der Waals surface area contributed by atoms with E-state index in [4.69, 9.17) is 4.52 Å². The third-order valence-corrected chi connectivity index (χ3v) is 5.58. The Hall–Kier alpha value is -3.69. The van der Waals surface area contributed by atoms with Crippen LogP contribution in [0.2, 0.25) is 0 Å². The van der Waals surface area contributed by atoms with Crippen molar-refractivity contribution in [3.05, 3.63) is 71.1 Å². The first kappa shape index (κ1) is 22.5. The molecule has 2 aromatic carbocycles. The maximum Gasteiger partial charge on any atom is 0.416 e. The molecule has 3 aromatic rings. The topological polar surface area (TPSA) is 88.3 Å². The van der Waals surface area contributed by atoms with Crippen molar-refractivity contribution in [2.75, 3.05) is 0 Å². The lowest BCUT2D eigenvalue weighted by Gasteiger charge is -2.22. The molecule has 2 heterocycles. The highest BCUT2D eigenvalue weighted by molar-refractivity contribution is 6.07. The second-order valence-electron chi connectivity index (χ2n) is 7.98. The van der Waals surface area contributed by atoms with Crippen LogP contribution >= 0.6 is 0 Å². The molecule has 1 saturated heterocycles. The van der Waals surface area contributed by atoms with Gasteiger partial charge in [-0.25, -0.2) is 4.79 Å². The number of urea groups is 1. The predicted octanol–water partition coefficient (Wildman–Crippen LogP) is 4.68. The van der Waals surface area contributed by atoms with E-state index in [-0.39, 0.29) is 18.3 Å². The highest BCUT2D eigenvalue weighted by atomic mass is 19.4. The van der Waals surface area contributed by atoms with Crippen LogP contribution in [0, 0.1) is 0 Å². The van der Waals surface area contributed by atoms with Crippen LogP contribution in [0.1, 0.15) is 42.8 Å². The van der Waals surface area contributed by atoms with Gasteiger partial charge in [0.1, 0.15) is 12.1 Å². The quantitative estimate of drug-likeness (QED) is 0.542. The maximum atomic E-state index is 13.1. The smallest absolute Gasteiger partial charge is 0.337 e. The number of hydrogen-bond donors (Lipinski definition) is 1. The fourth-order valence-electron chi connectivity index (χ4n) is 3.71. The number of nitrogens with zero attached hydrogens (tertiary/aromatic N) is 3. The van der Waals surface area contributed by atoms with E-state index >= 15 is 0 Å². The van der Waals surface area contributed by atoms with E-state index in [1.54, 1.807) is 6.92 Å². The average Bonchev–Trinajstić information content (AvgIpc) is 3.33. The normalized spacial score (nSPS) is 18.6. The molecule has 4 rings (SSSR count). The lowest BCUT2D eigenvalue weighted by atomic mass is 9.91. The number of alkyl halides is 3. The zero-order chi connectivity index (χ0) is 23.8. The molecule has 0 aliphatic carbocycles. The van der Waals surface area contributed by atoms with Crippen LogP contribution in [0.15, 0.2) is 53.1 Å². The zero-order valence-electron chi connectivity index (χ0n) is 17.9. The van der Waals surface area contributed by atoms with Crippen molar-refractivity contribution in [3.8, 4) is 11.4 Å². The van der Waals surface area contributed by atoms with Crippen molar-refractivity contribution in [1.82, 2.24) is 20.4 Å². The first-order valence-electron chi connectivity index (χ1n) is 10.4. The lowest BCUT2D eigenvalue weighted by molar-refractivity contribution is -0.137. The summed E-state index contributed by atoms with van der Waals surface area (Å²) >= 11 is 0. The number of carbonyl (C=O) groups excluding carboxylic acids is 2. The average molecular weight is 458 g/mol. The summed E-state index contributed by atoms with van der Waals surface area (Å²) in [6.45, 7) is 3.44. The maximum absolute atomic E-state index is 13.1. The molecule has 10 heteroatoms. The number of carbonyl (C=O) groups is 2. The van der Waals surface area contributed by atoms with Gasteiger partial charge in [0.25, 0.3) is 5.91 Å². The third kappa shape index (κ3) is 4.33. The lowest BCUT2D eigenvalue weighted by Crippen LogP contribution is -2.40. The van der Waals surface area contributed by atoms with Gasteiger partial charge < -0.3 is 9.84 Å². The van der Waals surface area contributed by atoms with Gasteiger partial charge in [0.05, 0.1) is 5.56 Å². The van der Waals surface area contributed by atoms with Crippen molar-refractivity contribution in [2.45, 2.75) is 44.9 Å². The molecule has 1 aliphatic rings. The van der Waals surface area contributed by atoms with Gasteiger partial charge in [-0.15, -0.1) is 0 Å². The summed E-state index contributed by atoms with van der Waals surface area (Å²) in [6.07, 6.45) is -2.53. The van der Waals surface area contributed by atoms with Gasteiger partial charge in [-0.05, 0) is 36.6 Å². The van der Waals surface area contributed by atoms with E-state index in [0.29, 0.717) is 11.1 Å². The SMILES string of the molecule is CCCc1ccc(C2(C)NC(=O)N(Cc3nc(-c4ccc(C(F)(F)F)cc4)no3)C2=O)cc1. The van der Waals surface area contributed by atoms with Gasteiger partial charge in [-0.2, -0.15) is 18.2 Å². The number of aryl methyl sites for hydroxylation is 1. The number of halogens is 3. The molecule has 172 valence electrons. The van der Waals surface area contributed by atoms with E-state index < -0.39 is 29.2 Å². The summed E-state index contributed by atoms with van der Waals surface area (Å²) in [6, 6.07) is 11.2. The molecule has 1 aromatic heterocycles. The summed E-state index contributed by atoms with van der Waals surface area (Å²) in [5.41, 5.74) is 0.0702. The molecule has 1 unspecified atom stereocenters. The Morgan fingerprint density at radius 2 is 1.73 bits per heavy atom. The third-order valence-electron chi connectivity index (χ3n) is 5.58. The molecule has 0 spiro atoms. The van der Waals surface area contributed by atoms with Crippen molar-refractivity contribution < 1.29 is 27.3 Å². The monoisotopic (exact) mass is 458 g/mol. The number of benzene rings is 2. The number of imide groups is 1. The molecule has 1 aliphatic heterocycles. The van der Waals surface area contributed by atoms with Gasteiger partial charge in [0.15, 0.2) is 0 Å². The molecule has 1 N–H and O–H groups in total. The summed E-state index contributed by atoms with van der Waals surface area (Å²) in [5.74, 6) is -0.430. The minimum absolute atomic E-state index is 0.0176. The fraction of sp³-hybridized carbons (Fsp3) is 0.304. The second kappa shape index (κ2) is 8.34. The standard InChI is InChI=1S/C23H21F3N4O3/c1-3-4-14-5-9-16(10-6-14)22(2)20(31)30(21(32)28-22)13-18-27-19(29-33-18)15-7-11-17(12-8-15)23(24,25)26/h5-12H,3-4,13H2,1-2H3,(H,28,32). The summed E-state index contributed by atoms with van der Waals surface area (Å²) in [4.78, 5) is 30.8. The number of hydrogen-bond acceptors (Lipinski definition) is 5. The van der Waals surface area contributed by atoms with Crippen LogP contribution in [-0.4, -0.2) is 27.0 Å². The van der Waals surface area contributed by atoms with Crippen LogP contribution in [-0.2, 0) is 29.5 Å². The first-order chi connectivity index (χ1) is 15.6. The van der Waals surface area contributed by atoms with Gasteiger partial charge in [-0.1, -0.05) is 54.9 Å². The van der Waals surface area contributed by atoms with Gasteiger partial charge in [-0.3, -0.25) is 9.69 Å². The number of nitrogens with one attached hydrogen (secondary N) is 1. The minimum Gasteiger partial charge on any atom is -0.337 e. The zero-order valence-corrected chi connectivity index (χ0v) is 17.9. The molecule has 7 nitrogen and oxygen atoms in total. The van der Waals surface area contributed by atoms with Crippen LogP contribution < -0.4 is 5.32 Å². The van der Waals surface area contributed by atoms with E-state index in [9.17, 15) is 22.8 Å². The summed E-state index contributed by atoms with van der Waals surface area (Å²) in [5, 5.41) is 6.47. The van der Waals surface area contributed by atoms with Crippen molar-refractivity contribution in [3.63, 3.8) is 0 Å². The minimum atomic E-state index is -4.45. The Kier molecular flexibility index (Phi) is 5.69. The van der Waals surface area contributed by atoms with Crippen molar-refractivity contribution in [1.29, 1.82) is 0 Å². The number of rotatable bonds is 6. The largest absolute Gasteiger partial charge is 0.416 e. The Bertz CT molecular complexity index is 1170. The van der Waals surface area contributed by atoms with Gasteiger partial charge >= 0.3 is 12.2 Å². The van der Waals surface area contributed by atoms with Crippen LogP contribution in [0.5, 0.6) is 0 Å². The van der Waals surface area contributed by atoms with E-state index in [0.717, 1.165) is 35.4 Å². The first-order valence-corrected chi connectivity index (χ1v) is 10.4. The number of amides is 3. The Balaban J connectivity index is 1.50. The van der Waals surface area contributed by atoms with Crippen LogP contribution in [0.25, 0.3) is 11.4 Å². The number of aromatic nitrogens is 2. The van der Waals surface area contributed by atoms with Crippen molar-refractivity contribution in [2.24, 2.45) is 0 Å². The molecular formula is C23H21F3N4O3. The van der Waals surface area contributed by atoms with Crippen molar-refractivity contribution >= 4 is 11.9 Å². The van der Waals surface area contributed by atoms with Crippen LogP contribution in [0.3, 0.4) is 0 Å². The highest BCUT2D eigenvalue weighted by Gasteiger charge is 2.49. The summed E-state index contributed by atoms with van der Waals surface area (Å²) < 4.78 is 43.4. The van der Waals surface area contributed by atoms with E-state index in [1.807, 2.05) is 24.3 Å². The molecule has 0 radical (unpaired) electrons. The molecular weight excluding hydrogens is 437 g/mol. The Morgan fingerprint density at radius 3 is 2.33 bits per heavy atom. The summed E-state index contributed by atoms with van der Waals surface area (Å²) in [7, 11) is 0. The fourth-order valence-corrected chi connectivity index (χ4v) is 3.71. The molecule has 1 fully saturated rings. The molecule has 0 bridgehead atoms. The Morgan fingerprint density at radius 1 is 1.06 bits per heavy atom. The molecule has 0 saturated carbocycles. The Labute approximate surface area is 187 Å². The van der Waals surface area contributed by atoms with Gasteiger partial charge in [0, 0.05) is 5.56 Å². The van der Waals surface area contributed by atoms with Crippen LogP contribution in [0.4, 0.5) is 18.0 Å².